The third-order valence-corrected chi connectivity index (χ3v) is 11.5. The molecule has 0 fully saturated rings. The molecule has 3 N–H and O–H groups in total. The van der Waals surface area contributed by atoms with Crippen molar-refractivity contribution in [2.75, 3.05) is 6.61 Å². The quantitative estimate of drug-likeness (QED) is 0.0324. The van der Waals surface area contributed by atoms with E-state index < -0.39 is 18.2 Å². The van der Waals surface area contributed by atoms with Crippen molar-refractivity contribution in [1.29, 1.82) is 0 Å². The van der Waals surface area contributed by atoms with E-state index in [4.69, 9.17) is 4.74 Å². The smallest absolute Gasteiger partial charge is 0.306 e. The normalized spacial score (nSPS) is 13.4. The van der Waals surface area contributed by atoms with E-state index in [0.29, 0.717) is 19.3 Å². The average molecular weight is 804 g/mol. The Morgan fingerprint density at radius 3 is 1.30 bits per heavy atom. The zero-order valence-electron chi connectivity index (χ0n) is 38.2. The van der Waals surface area contributed by atoms with Crippen molar-refractivity contribution in [1.82, 2.24) is 5.32 Å². The third-order valence-electron chi connectivity index (χ3n) is 11.5. The lowest BCUT2D eigenvalue weighted by Gasteiger charge is -2.24. The van der Waals surface area contributed by atoms with Gasteiger partial charge in [0, 0.05) is 6.42 Å². The van der Waals surface area contributed by atoms with Crippen molar-refractivity contribution < 1.29 is 24.5 Å². The highest BCUT2D eigenvalue weighted by Gasteiger charge is 2.24. The minimum absolute atomic E-state index is 0.0692. The predicted molar refractivity (Wildman–Crippen MR) is 246 cm³/mol. The fourth-order valence-electron chi connectivity index (χ4n) is 7.65. The number of esters is 1. The highest BCUT2D eigenvalue weighted by atomic mass is 16.5. The van der Waals surface area contributed by atoms with Crippen molar-refractivity contribution >= 4 is 11.9 Å². The molecule has 0 rings (SSSR count). The summed E-state index contributed by atoms with van der Waals surface area (Å²) in [6, 6.07) is -0.700. The van der Waals surface area contributed by atoms with Crippen LogP contribution < -0.4 is 5.32 Å². The fraction of sp³-hybridized carbons (Fsp3) is 0.882. The first kappa shape index (κ1) is 55.3. The second-order valence-corrected chi connectivity index (χ2v) is 17.2. The first-order valence-electron chi connectivity index (χ1n) is 25.1. The van der Waals surface area contributed by atoms with Gasteiger partial charge in [-0.2, -0.15) is 0 Å². The minimum atomic E-state index is -0.786. The Morgan fingerprint density at radius 2 is 0.842 bits per heavy atom. The molecule has 0 aromatic rings. The molecule has 0 aliphatic heterocycles. The molecule has 57 heavy (non-hydrogen) atoms. The third kappa shape index (κ3) is 40.9. The molecule has 6 heteroatoms. The summed E-state index contributed by atoms with van der Waals surface area (Å²) in [5.41, 5.74) is 0. The second-order valence-electron chi connectivity index (χ2n) is 17.2. The summed E-state index contributed by atoms with van der Waals surface area (Å²) in [7, 11) is 0. The van der Waals surface area contributed by atoms with Gasteiger partial charge in [0.2, 0.25) is 5.91 Å². The number of nitrogens with one attached hydrogen (secondary N) is 1. The summed E-state index contributed by atoms with van der Waals surface area (Å²) in [4.78, 5) is 26.0. The van der Waals surface area contributed by atoms with Crippen LogP contribution in [0.15, 0.2) is 24.3 Å². The van der Waals surface area contributed by atoms with Gasteiger partial charge in [-0.15, -0.1) is 0 Å². The van der Waals surface area contributed by atoms with Crippen LogP contribution in [0.5, 0.6) is 0 Å². The lowest BCUT2D eigenvalue weighted by atomic mass is 10.0. The van der Waals surface area contributed by atoms with Crippen molar-refractivity contribution in [3.05, 3.63) is 24.3 Å². The molecule has 6 nitrogen and oxygen atoms in total. The van der Waals surface area contributed by atoms with E-state index >= 15 is 0 Å². The molecule has 336 valence electrons. The van der Waals surface area contributed by atoms with Gasteiger partial charge in [-0.05, 0) is 77.0 Å². The Bertz CT molecular complexity index is 904. The van der Waals surface area contributed by atoms with E-state index in [9.17, 15) is 19.8 Å². The SMILES string of the molecule is CCCCC/C=C\CCCCCC(CC(=O)NC(CO)C(O)CCCCCCCCCCC)OC(=O)CCCCCCCCCCC/C=C/CCCCCCCC. The lowest BCUT2D eigenvalue weighted by Crippen LogP contribution is -2.46. The average Bonchev–Trinajstić information content (AvgIpc) is 3.20. The molecular weight excluding hydrogens is 707 g/mol. The van der Waals surface area contributed by atoms with Gasteiger partial charge in [-0.1, -0.05) is 199 Å². The van der Waals surface area contributed by atoms with E-state index in [2.05, 4.69) is 50.4 Å². The van der Waals surface area contributed by atoms with E-state index in [0.717, 1.165) is 70.6 Å². The predicted octanol–water partition coefficient (Wildman–Crippen LogP) is 14.7. The number of hydrogen-bond donors (Lipinski definition) is 3. The van der Waals surface area contributed by atoms with Gasteiger partial charge in [0.25, 0.3) is 0 Å². The first-order valence-corrected chi connectivity index (χ1v) is 25.1. The zero-order valence-corrected chi connectivity index (χ0v) is 38.2. The van der Waals surface area contributed by atoms with Crippen LogP contribution in [0, 0.1) is 0 Å². The van der Waals surface area contributed by atoms with Gasteiger partial charge in [-0.25, -0.2) is 0 Å². The minimum Gasteiger partial charge on any atom is -0.462 e. The van der Waals surface area contributed by atoms with Crippen LogP contribution >= 0.6 is 0 Å². The monoisotopic (exact) mass is 804 g/mol. The summed E-state index contributed by atoms with van der Waals surface area (Å²) in [5, 5.41) is 23.6. The number of ether oxygens (including phenoxy) is 1. The highest BCUT2D eigenvalue weighted by Crippen LogP contribution is 2.17. The number of amides is 1. The first-order chi connectivity index (χ1) is 28.0. The van der Waals surface area contributed by atoms with E-state index in [-0.39, 0.29) is 24.9 Å². The van der Waals surface area contributed by atoms with Crippen LogP contribution in [0.4, 0.5) is 0 Å². The Kier molecular flexibility index (Phi) is 44.1. The Balaban J connectivity index is 4.44. The molecule has 0 heterocycles. The number of carbonyl (C=O) groups is 2. The molecule has 0 aromatic carbocycles. The molecular formula is C51H97NO5. The Morgan fingerprint density at radius 1 is 0.491 bits per heavy atom. The number of rotatable bonds is 45. The standard InChI is InChI=1S/C51H97NO5/c1-4-7-10-13-16-19-21-22-23-24-25-26-27-28-29-32-35-38-41-44-51(56)57-47(42-39-36-33-31-20-17-14-11-8-5-2)45-50(55)52-48(46-53)49(54)43-40-37-34-30-18-15-12-9-6-3/h17,20,22-23,47-49,53-54H,4-16,18-19,21,24-46H2,1-3H3,(H,52,55)/b20-17-,23-22+. The maximum absolute atomic E-state index is 13.1. The fourth-order valence-corrected chi connectivity index (χ4v) is 7.65. The molecule has 0 spiro atoms. The molecule has 0 aliphatic carbocycles. The maximum Gasteiger partial charge on any atom is 0.306 e. The van der Waals surface area contributed by atoms with Gasteiger partial charge in [0.05, 0.1) is 25.2 Å². The molecule has 0 radical (unpaired) electrons. The number of aliphatic hydroxyl groups excluding tert-OH is 2. The lowest BCUT2D eigenvalue weighted by molar-refractivity contribution is -0.151. The molecule has 0 saturated heterocycles. The van der Waals surface area contributed by atoms with Crippen LogP contribution in [0.1, 0.15) is 265 Å². The molecule has 3 atom stereocenters. The number of allylic oxidation sites excluding steroid dienone is 4. The van der Waals surface area contributed by atoms with Crippen molar-refractivity contribution in [2.45, 2.75) is 283 Å². The Labute approximate surface area is 354 Å². The van der Waals surface area contributed by atoms with Crippen molar-refractivity contribution in [3.63, 3.8) is 0 Å². The molecule has 3 unspecified atom stereocenters. The molecule has 0 bridgehead atoms. The molecule has 0 aliphatic rings. The van der Waals surface area contributed by atoms with Crippen LogP contribution in [0.2, 0.25) is 0 Å². The van der Waals surface area contributed by atoms with E-state index in [1.54, 1.807) is 0 Å². The largest absolute Gasteiger partial charge is 0.462 e. The summed E-state index contributed by atoms with van der Waals surface area (Å²) in [6.45, 7) is 6.43. The van der Waals surface area contributed by atoms with Gasteiger partial charge in [-0.3, -0.25) is 9.59 Å². The summed E-state index contributed by atoms with van der Waals surface area (Å²) in [5.74, 6) is -0.485. The van der Waals surface area contributed by atoms with Crippen LogP contribution in [-0.2, 0) is 14.3 Å². The van der Waals surface area contributed by atoms with Gasteiger partial charge >= 0.3 is 5.97 Å². The van der Waals surface area contributed by atoms with Crippen LogP contribution in [0.3, 0.4) is 0 Å². The molecule has 0 aromatic heterocycles. The topological polar surface area (TPSA) is 95.9 Å². The van der Waals surface area contributed by atoms with Gasteiger partial charge in [0.1, 0.15) is 6.10 Å². The zero-order chi connectivity index (χ0) is 41.7. The van der Waals surface area contributed by atoms with Crippen LogP contribution in [-0.4, -0.2) is 46.9 Å². The number of unbranched alkanes of at least 4 members (excludes halogenated alkanes) is 29. The number of carbonyl (C=O) groups excluding carboxylic acids is 2. The van der Waals surface area contributed by atoms with Crippen LogP contribution in [0.25, 0.3) is 0 Å². The Hall–Kier alpha value is -1.66. The number of aliphatic hydroxyl groups is 2. The number of hydrogen-bond acceptors (Lipinski definition) is 5. The molecule has 1 amide bonds. The second kappa shape index (κ2) is 45.4. The summed E-state index contributed by atoms with van der Waals surface area (Å²) >= 11 is 0. The van der Waals surface area contributed by atoms with Crippen molar-refractivity contribution in [2.24, 2.45) is 0 Å². The van der Waals surface area contributed by atoms with E-state index in [1.807, 2.05) is 0 Å². The highest BCUT2D eigenvalue weighted by molar-refractivity contribution is 5.77. The van der Waals surface area contributed by atoms with Gasteiger partial charge < -0.3 is 20.3 Å². The summed E-state index contributed by atoms with van der Waals surface area (Å²) < 4.78 is 5.91. The molecule has 0 saturated carbocycles. The van der Waals surface area contributed by atoms with E-state index in [1.165, 1.54) is 148 Å². The maximum atomic E-state index is 13.1. The van der Waals surface area contributed by atoms with Crippen molar-refractivity contribution in [3.8, 4) is 0 Å². The summed E-state index contributed by atoms with van der Waals surface area (Å²) in [6.07, 6.45) is 51.1. The van der Waals surface area contributed by atoms with Gasteiger partial charge in [0.15, 0.2) is 0 Å².